The van der Waals surface area contributed by atoms with Gasteiger partial charge in [0.15, 0.2) is 11.7 Å². The summed E-state index contributed by atoms with van der Waals surface area (Å²) in [4.78, 5) is 24.1. The van der Waals surface area contributed by atoms with E-state index in [1.807, 2.05) is 0 Å². The lowest BCUT2D eigenvalue weighted by molar-refractivity contribution is -0.174. The normalized spacial score (nSPS) is 17.9. The number of amides is 2. The van der Waals surface area contributed by atoms with Crippen LogP contribution in [0.4, 0.5) is 30.4 Å². The van der Waals surface area contributed by atoms with Crippen LogP contribution in [0.15, 0.2) is 47.1 Å². The number of fused-ring (bicyclic) bond motifs is 1. The summed E-state index contributed by atoms with van der Waals surface area (Å²) in [6, 6.07) is 6.72. The molecule has 168 valence electrons. The van der Waals surface area contributed by atoms with Crippen molar-refractivity contribution >= 4 is 29.0 Å². The Labute approximate surface area is 180 Å². The number of nitrogens with one attached hydrogen (secondary N) is 3. The van der Waals surface area contributed by atoms with Crippen molar-refractivity contribution < 1.29 is 27.2 Å². The second kappa shape index (κ2) is 8.06. The lowest BCUT2D eigenvalue weighted by Gasteiger charge is -2.32. The molecule has 0 fully saturated rings. The van der Waals surface area contributed by atoms with Gasteiger partial charge in [0.1, 0.15) is 11.6 Å². The van der Waals surface area contributed by atoms with Crippen LogP contribution >= 0.6 is 0 Å². The maximum absolute atomic E-state index is 13.7. The summed E-state index contributed by atoms with van der Waals surface area (Å²) in [6.07, 6.45) is -3.50. The Morgan fingerprint density at radius 1 is 1.22 bits per heavy atom. The van der Waals surface area contributed by atoms with E-state index in [9.17, 15) is 22.8 Å². The van der Waals surface area contributed by atoms with E-state index >= 15 is 0 Å². The third kappa shape index (κ3) is 4.32. The minimum Gasteiger partial charge on any atom is -0.467 e. The van der Waals surface area contributed by atoms with Gasteiger partial charge in [-0.2, -0.15) is 18.3 Å². The summed E-state index contributed by atoms with van der Waals surface area (Å²) in [6.45, 7) is 3.15. The number of halogens is 3. The van der Waals surface area contributed by atoms with Gasteiger partial charge in [0, 0.05) is 30.8 Å². The topological polar surface area (TPSA) is 101 Å². The second-order valence-electron chi connectivity index (χ2n) is 7.53. The van der Waals surface area contributed by atoms with Gasteiger partial charge in [-0.05, 0) is 36.8 Å². The van der Waals surface area contributed by atoms with Crippen molar-refractivity contribution in [2.24, 2.45) is 0 Å². The van der Waals surface area contributed by atoms with Crippen LogP contribution in [0.1, 0.15) is 47.2 Å². The van der Waals surface area contributed by atoms with Crippen LogP contribution in [0.3, 0.4) is 0 Å². The van der Waals surface area contributed by atoms with Gasteiger partial charge >= 0.3 is 6.18 Å². The van der Waals surface area contributed by atoms with E-state index in [-0.39, 0.29) is 23.8 Å². The van der Waals surface area contributed by atoms with Crippen LogP contribution in [0.2, 0.25) is 0 Å². The smallest absolute Gasteiger partial charge is 0.410 e. The molecule has 0 aliphatic carbocycles. The average Bonchev–Trinajstić information content (AvgIpc) is 3.38. The predicted octanol–water partition coefficient (Wildman–Crippen LogP) is 4.66. The molecule has 0 saturated heterocycles. The fourth-order valence-electron chi connectivity index (χ4n) is 3.58. The number of hydrogen-bond acceptors (Lipinski definition) is 5. The summed E-state index contributed by atoms with van der Waals surface area (Å²) in [7, 11) is 0. The number of carbonyl (C=O) groups is 2. The summed E-state index contributed by atoms with van der Waals surface area (Å²) in [5.74, 6) is -0.522. The summed E-state index contributed by atoms with van der Waals surface area (Å²) in [5, 5.41) is 12.1. The first-order chi connectivity index (χ1) is 15.1. The van der Waals surface area contributed by atoms with Crippen LogP contribution in [0.25, 0.3) is 0 Å². The van der Waals surface area contributed by atoms with Crippen molar-refractivity contribution in [3.05, 3.63) is 59.7 Å². The molecule has 3 aromatic rings. The summed E-state index contributed by atoms with van der Waals surface area (Å²) in [5.41, 5.74) is 1.49. The van der Waals surface area contributed by atoms with Gasteiger partial charge in [-0.3, -0.25) is 9.59 Å². The minimum absolute atomic E-state index is 0.0629. The molecule has 11 heteroatoms. The highest BCUT2D eigenvalue weighted by atomic mass is 19.4. The first-order valence-corrected chi connectivity index (χ1v) is 9.77. The van der Waals surface area contributed by atoms with Crippen LogP contribution in [0.5, 0.6) is 0 Å². The Morgan fingerprint density at radius 3 is 2.66 bits per heavy atom. The van der Waals surface area contributed by atoms with Gasteiger partial charge in [0.2, 0.25) is 5.91 Å². The van der Waals surface area contributed by atoms with E-state index in [0.29, 0.717) is 17.1 Å². The lowest BCUT2D eigenvalue weighted by Crippen LogP contribution is -2.35. The Morgan fingerprint density at radius 2 is 2.00 bits per heavy atom. The van der Waals surface area contributed by atoms with Gasteiger partial charge in [-0.1, -0.05) is 6.07 Å². The highest BCUT2D eigenvalue weighted by Crippen LogP contribution is 2.43. The molecule has 0 unspecified atom stereocenters. The quantitative estimate of drug-likeness (QED) is 0.540. The largest absolute Gasteiger partial charge is 0.467 e. The number of nitrogens with zero attached hydrogens (tertiary/aromatic N) is 2. The maximum Gasteiger partial charge on any atom is 0.410 e. The molecule has 0 radical (unpaired) electrons. The Hall–Kier alpha value is -3.76. The van der Waals surface area contributed by atoms with Crippen molar-refractivity contribution in [1.29, 1.82) is 0 Å². The number of furan rings is 1. The van der Waals surface area contributed by atoms with E-state index in [2.05, 4.69) is 21.0 Å². The van der Waals surface area contributed by atoms with E-state index in [1.165, 1.54) is 19.3 Å². The zero-order valence-corrected chi connectivity index (χ0v) is 17.2. The van der Waals surface area contributed by atoms with E-state index in [0.717, 1.165) is 10.2 Å². The fourth-order valence-corrected chi connectivity index (χ4v) is 3.58. The molecule has 3 N–H and O–H groups in total. The Bertz CT molecular complexity index is 1150. The van der Waals surface area contributed by atoms with E-state index in [4.69, 9.17) is 4.42 Å². The monoisotopic (exact) mass is 447 g/mol. The minimum atomic E-state index is -4.56. The van der Waals surface area contributed by atoms with Gasteiger partial charge in [-0.15, -0.1) is 0 Å². The highest BCUT2D eigenvalue weighted by molar-refractivity contribution is 6.04. The standard InChI is InChI=1S/C21H20F3N5O3/c1-11-5-6-13(8-14(11)25-12(2)30)26-20(31)16-10-19-27-15(17-4-3-7-32-17)9-18(21(22,23)24)29(19)28-16/h3-8,10,15,18,27H,9H2,1-2H3,(H,25,30)(H,26,31)/t15-,18-/m1/s1. The molecule has 32 heavy (non-hydrogen) atoms. The molecule has 0 bridgehead atoms. The third-order valence-corrected chi connectivity index (χ3v) is 5.12. The molecule has 0 saturated carbocycles. The number of carbonyl (C=O) groups excluding carboxylic acids is 2. The number of hydrogen-bond donors (Lipinski definition) is 3. The van der Waals surface area contributed by atoms with Crippen LogP contribution < -0.4 is 16.0 Å². The SMILES string of the molecule is CC(=O)Nc1cc(NC(=O)c2cc3n(n2)[C@@H](C(F)(F)F)C[C@H](c2ccco2)N3)ccc1C. The first-order valence-electron chi connectivity index (χ1n) is 9.77. The third-order valence-electron chi connectivity index (χ3n) is 5.12. The van der Waals surface area contributed by atoms with Gasteiger partial charge in [0.05, 0.1) is 12.3 Å². The van der Waals surface area contributed by atoms with Gasteiger partial charge in [0.25, 0.3) is 5.91 Å². The molecule has 0 spiro atoms. The predicted molar refractivity (Wildman–Crippen MR) is 110 cm³/mol. The van der Waals surface area contributed by atoms with Crippen molar-refractivity contribution in [2.75, 3.05) is 16.0 Å². The average molecular weight is 447 g/mol. The van der Waals surface area contributed by atoms with Crippen LogP contribution in [-0.2, 0) is 4.79 Å². The van der Waals surface area contributed by atoms with Crippen molar-refractivity contribution in [1.82, 2.24) is 9.78 Å². The van der Waals surface area contributed by atoms with Gasteiger partial charge in [-0.25, -0.2) is 4.68 Å². The molecule has 2 aromatic heterocycles. The molecule has 2 amide bonds. The summed E-state index contributed by atoms with van der Waals surface area (Å²) < 4.78 is 47.2. The van der Waals surface area contributed by atoms with Crippen molar-refractivity contribution in [2.45, 2.75) is 38.5 Å². The zero-order chi connectivity index (χ0) is 23.0. The number of benzene rings is 1. The molecule has 1 aliphatic rings. The molecular weight excluding hydrogens is 427 g/mol. The number of aryl methyl sites for hydroxylation is 1. The Kier molecular flexibility index (Phi) is 5.41. The second-order valence-corrected chi connectivity index (χ2v) is 7.53. The molecule has 2 atom stereocenters. The van der Waals surface area contributed by atoms with Crippen molar-refractivity contribution in [3.8, 4) is 0 Å². The molecule has 1 aromatic carbocycles. The lowest BCUT2D eigenvalue weighted by atomic mass is 10.0. The maximum atomic E-state index is 13.7. The van der Waals surface area contributed by atoms with Gasteiger partial charge < -0.3 is 20.4 Å². The molecule has 4 rings (SSSR count). The Balaban J connectivity index is 1.60. The molecule has 8 nitrogen and oxygen atoms in total. The van der Waals surface area contributed by atoms with E-state index < -0.39 is 24.2 Å². The van der Waals surface area contributed by atoms with E-state index in [1.54, 1.807) is 37.3 Å². The number of aromatic nitrogens is 2. The highest BCUT2D eigenvalue weighted by Gasteiger charge is 2.47. The van der Waals surface area contributed by atoms with Crippen LogP contribution in [0, 0.1) is 6.92 Å². The molecular formula is C21H20F3N5O3. The zero-order valence-electron chi connectivity index (χ0n) is 17.2. The first kappa shape index (κ1) is 21.5. The number of alkyl halides is 3. The fraction of sp³-hybridized carbons (Fsp3) is 0.286. The van der Waals surface area contributed by atoms with Crippen molar-refractivity contribution in [3.63, 3.8) is 0 Å². The van der Waals surface area contributed by atoms with Crippen LogP contribution in [-0.4, -0.2) is 27.8 Å². The number of anilines is 3. The molecule has 1 aliphatic heterocycles. The molecule has 3 heterocycles. The summed E-state index contributed by atoms with van der Waals surface area (Å²) >= 11 is 0. The number of rotatable bonds is 4.